The van der Waals surface area contributed by atoms with E-state index >= 15 is 0 Å². The normalized spacial score (nSPS) is 18.9. The maximum Gasteiger partial charge on any atom is 0.200 e. The molecule has 1 saturated carbocycles. The molecule has 3 aromatic rings. The second kappa shape index (κ2) is 8.10. The summed E-state index contributed by atoms with van der Waals surface area (Å²) in [6.07, 6.45) is 4.95. The molecule has 1 fully saturated rings. The molecule has 1 N–H and O–H groups in total. The lowest BCUT2D eigenvalue weighted by Crippen LogP contribution is -2.10. The average molecular weight is 423 g/mol. The highest BCUT2D eigenvalue weighted by molar-refractivity contribution is 7.89. The molecular formula is C24H22O5S. The number of benzene rings is 2. The van der Waals surface area contributed by atoms with Gasteiger partial charge in [-0.3, -0.25) is 4.79 Å². The highest BCUT2D eigenvalue weighted by atomic mass is 32.2. The molecule has 1 aromatic heterocycles. The third-order valence-corrected chi connectivity index (χ3v) is 6.21. The summed E-state index contributed by atoms with van der Waals surface area (Å²) in [5.41, 5.74) is 2.79. The highest BCUT2D eigenvalue weighted by Gasteiger charge is 2.23. The number of fused-ring (bicyclic) bond motifs is 1. The Morgan fingerprint density at radius 1 is 1.13 bits per heavy atom. The number of aliphatic hydroxyl groups is 1. The first kappa shape index (κ1) is 20.4. The molecule has 2 atom stereocenters. The summed E-state index contributed by atoms with van der Waals surface area (Å²) < 4.78 is 28.6. The van der Waals surface area contributed by atoms with Crippen LogP contribution in [-0.4, -0.2) is 25.9 Å². The van der Waals surface area contributed by atoms with E-state index in [2.05, 4.69) is 11.8 Å². The molecule has 0 bridgehead atoms. The van der Waals surface area contributed by atoms with E-state index in [0.29, 0.717) is 27.7 Å². The molecule has 6 heteroatoms. The summed E-state index contributed by atoms with van der Waals surface area (Å²) in [6, 6.07) is 12.1. The molecule has 30 heavy (non-hydrogen) atoms. The van der Waals surface area contributed by atoms with Gasteiger partial charge in [-0.15, -0.1) is 0 Å². The van der Waals surface area contributed by atoms with Crippen LogP contribution in [0.2, 0.25) is 0 Å². The van der Waals surface area contributed by atoms with Crippen LogP contribution >= 0.6 is 0 Å². The van der Waals surface area contributed by atoms with Gasteiger partial charge in [-0.2, -0.15) is 0 Å². The maximum absolute atomic E-state index is 12.9. The van der Waals surface area contributed by atoms with Crippen LogP contribution in [0.5, 0.6) is 0 Å². The molecule has 0 saturated heterocycles. The van der Waals surface area contributed by atoms with Crippen molar-refractivity contribution in [3.63, 3.8) is 0 Å². The van der Waals surface area contributed by atoms with Crippen LogP contribution in [0.1, 0.15) is 30.4 Å². The summed E-state index contributed by atoms with van der Waals surface area (Å²) in [5.74, 6) is 6.16. The molecule has 0 aliphatic heterocycles. The Bertz CT molecular complexity index is 1310. The Kier molecular flexibility index (Phi) is 5.50. The maximum atomic E-state index is 12.9. The number of aliphatic hydroxyl groups excluding tert-OH is 1. The third kappa shape index (κ3) is 4.48. The zero-order chi connectivity index (χ0) is 21.3. The van der Waals surface area contributed by atoms with Crippen LogP contribution in [0.3, 0.4) is 0 Å². The van der Waals surface area contributed by atoms with Crippen LogP contribution in [-0.2, 0) is 15.6 Å². The lowest BCUT2D eigenvalue weighted by atomic mass is 10.0. The predicted molar refractivity (Wildman–Crippen MR) is 117 cm³/mol. The van der Waals surface area contributed by atoms with Gasteiger partial charge in [-0.05, 0) is 48.6 Å². The fourth-order valence-electron chi connectivity index (χ4n) is 3.77. The third-order valence-electron chi connectivity index (χ3n) is 5.35. The summed E-state index contributed by atoms with van der Waals surface area (Å²) in [4.78, 5) is 12.9. The zero-order valence-electron chi connectivity index (χ0n) is 16.6. The van der Waals surface area contributed by atoms with Crippen molar-refractivity contribution < 1.29 is 17.9 Å². The fourth-order valence-corrected chi connectivity index (χ4v) is 4.57. The first-order chi connectivity index (χ1) is 14.3. The summed E-state index contributed by atoms with van der Waals surface area (Å²) >= 11 is 0. The summed E-state index contributed by atoms with van der Waals surface area (Å²) in [6.45, 7) is 0. The molecule has 1 aliphatic rings. The van der Waals surface area contributed by atoms with E-state index in [0.717, 1.165) is 24.8 Å². The van der Waals surface area contributed by atoms with Gasteiger partial charge in [0.05, 0.1) is 22.8 Å². The van der Waals surface area contributed by atoms with Gasteiger partial charge in [0, 0.05) is 17.7 Å². The molecule has 5 nitrogen and oxygen atoms in total. The Balaban J connectivity index is 1.63. The first-order valence-electron chi connectivity index (χ1n) is 9.82. The van der Waals surface area contributed by atoms with Gasteiger partial charge in [0.25, 0.3) is 0 Å². The Morgan fingerprint density at radius 3 is 2.57 bits per heavy atom. The number of hydrogen-bond donors (Lipinski definition) is 1. The lowest BCUT2D eigenvalue weighted by Gasteiger charge is -2.06. The molecule has 0 radical (unpaired) electrons. The van der Waals surface area contributed by atoms with E-state index in [4.69, 9.17) is 4.42 Å². The zero-order valence-corrected chi connectivity index (χ0v) is 17.4. The molecule has 0 spiro atoms. The topological polar surface area (TPSA) is 84.6 Å². The van der Waals surface area contributed by atoms with Gasteiger partial charge in [-0.25, -0.2) is 8.42 Å². The van der Waals surface area contributed by atoms with Gasteiger partial charge in [0.15, 0.2) is 15.3 Å². The molecular weight excluding hydrogens is 400 g/mol. The van der Waals surface area contributed by atoms with Crippen LogP contribution in [0.25, 0.3) is 22.1 Å². The van der Waals surface area contributed by atoms with E-state index in [-0.39, 0.29) is 23.2 Å². The second-order valence-electron chi connectivity index (χ2n) is 7.83. The highest BCUT2D eigenvalue weighted by Crippen LogP contribution is 2.25. The van der Waals surface area contributed by atoms with Crippen LogP contribution in [0, 0.1) is 17.8 Å². The van der Waals surface area contributed by atoms with Crippen molar-refractivity contribution in [3.05, 3.63) is 70.1 Å². The largest absolute Gasteiger partial charge is 0.463 e. The van der Waals surface area contributed by atoms with E-state index in [1.54, 1.807) is 42.5 Å². The predicted octanol–water partition coefficient (Wildman–Crippen LogP) is 3.52. The van der Waals surface area contributed by atoms with Gasteiger partial charge in [0.2, 0.25) is 0 Å². The quantitative estimate of drug-likeness (QED) is 0.653. The monoisotopic (exact) mass is 422 g/mol. The van der Waals surface area contributed by atoms with Gasteiger partial charge in [0.1, 0.15) is 11.8 Å². The smallest absolute Gasteiger partial charge is 0.200 e. The minimum atomic E-state index is -3.11. The van der Waals surface area contributed by atoms with Gasteiger partial charge >= 0.3 is 0 Å². The van der Waals surface area contributed by atoms with Gasteiger partial charge in [-0.1, -0.05) is 36.1 Å². The summed E-state index contributed by atoms with van der Waals surface area (Å²) in [5, 5.41) is 10.4. The van der Waals surface area contributed by atoms with E-state index in [1.165, 1.54) is 12.5 Å². The molecule has 154 valence electrons. The van der Waals surface area contributed by atoms with Crippen LogP contribution < -0.4 is 5.43 Å². The Labute approximate surface area is 175 Å². The average Bonchev–Trinajstić information content (AvgIpc) is 3.11. The summed E-state index contributed by atoms with van der Waals surface area (Å²) in [7, 11) is -3.11. The van der Waals surface area contributed by atoms with Crippen LogP contribution in [0.4, 0.5) is 0 Å². The Hall–Kier alpha value is -2.88. The first-order valence-corrected chi connectivity index (χ1v) is 11.9. The molecule has 1 heterocycles. The minimum Gasteiger partial charge on any atom is -0.463 e. The SMILES string of the molecule is CS(=O)(=O)Cc1ccc(-c2coc3cc(C#C[C@@H]4CCC[C@H]4O)ccc3c2=O)cc1. The fraction of sp³-hybridized carbons (Fsp3) is 0.292. The van der Waals surface area contributed by atoms with Crippen molar-refractivity contribution in [3.8, 4) is 23.0 Å². The second-order valence-corrected chi connectivity index (χ2v) is 9.97. The molecule has 0 amide bonds. The number of sulfone groups is 1. The number of rotatable bonds is 3. The van der Waals surface area contributed by atoms with Crippen molar-refractivity contribution in [1.29, 1.82) is 0 Å². The van der Waals surface area contributed by atoms with E-state index in [9.17, 15) is 18.3 Å². The lowest BCUT2D eigenvalue weighted by molar-refractivity contribution is 0.157. The molecule has 2 aromatic carbocycles. The Morgan fingerprint density at radius 2 is 1.90 bits per heavy atom. The van der Waals surface area contributed by atoms with Crippen molar-refractivity contribution in [2.75, 3.05) is 6.26 Å². The van der Waals surface area contributed by atoms with Crippen molar-refractivity contribution in [1.82, 2.24) is 0 Å². The van der Waals surface area contributed by atoms with Gasteiger partial charge < -0.3 is 9.52 Å². The minimum absolute atomic E-state index is 0.000693. The van der Waals surface area contributed by atoms with E-state index < -0.39 is 9.84 Å². The standard InChI is InChI=1S/C24H22O5S/c1-30(27,28)15-17-6-9-18(10-7-17)21-14-29-23-13-16(8-12-20(23)24(21)26)5-11-19-3-2-4-22(19)25/h6-10,12-14,19,22,25H,2-4,15H2,1H3/t19-,22+/m0/s1. The molecule has 0 unspecified atom stereocenters. The van der Waals surface area contributed by atoms with Crippen molar-refractivity contribution in [2.45, 2.75) is 31.1 Å². The van der Waals surface area contributed by atoms with Crippen LogP contribution in [0.15, 0.2) is 57.9 Å². The number of hydrogen-bond acceptors (Lipinski definition) is 5. The van der Waals surface area contributed by atoms with Crippen molar-refractivity contribution >= 4 is 20.8 Å². The molecule has 4 rings (SSSR count). The van der Waals surface area contributed by atoms with E-state index in [1.807, 2.05) is 0 Å². The van der Waals surface area contributed by atoms with Crippen molar-refractivity contribution in [2.24, 2.45) is 5.92 Å². The molecule has 1 aliphatic carbocycles.